The molecule has 26 heavy (non-hydrogen) atoms. The average Bonchev–Trinajstić information content (AvgIpc) is 3.12. The van der Waals surface area contributed by atoms with Crippen LogP contribution in [0.2, 0.25) is 0 Å². The first-order chi connectivity index (χ1) is 12.8. The van der Waals surface area contributed by atoms with Gasteiger partial charge in [-0.1, -0.05) is 6.07 Å². The van der Waals surface area contributed by atoms with Crippen LogP contribution in [0.25, 0.3) is 11.4 Å². The van der Waals surface area contributed by atoms with Gasteiger partial charge in [0.1, 0.15) is 5.82 Å². The van der Waals surface area contributed by atoms with Crippen molar-refractivity contribution in [1.29, 1.82) is 0 Å². The van der Waals surface area contributed by atoms with Crippen LogP contribution in [0.5, 0.6) is 0 Å². The quantitative estimate of drug-likeness (QED) is 0.785. The standard InChI is InChI=1S/C20H21N5O/c26-20-17(3-4-18-16-8-15(10-22-11-16)13-25(18)20)19-23-6-7-24(19)12-14-2-1-5-21-9-14/h1-7,9,15-16,22H,8,10-13H2/t15-,16+/m0/s1. The molecule has 3 aromatic rings. The van der Waals surface area contributed by atoms with E-state index < -0.39 is 0 Å². The molecule has 2 atom stereocenters. The Balaban J connectivity index is 1.55. The predicted molar refractivity (Wildman–Crippen MR) is 99.0 cm³/mol. The zero-order valence-corrected chi connectivity index (χ0v) is 14.5. The first kappa shape index (κ1) is 15.5. The Bertz CT molecular complexity index is 991. The molecule has 0 aromatic carbocycles. The SMILES string of the molecule is O=c1c(-c2nccn2Cc2cccnc2)ccc2n1C[C@@H]1CNC[C@H]2C1. The summed E-state index contributed by atoms with van der Waals surface area (Å²) in [5.41, 5.74) is 3.01. The molecule has 6 nitrogen and oxygen atoms in total. The average molecular weight is 347 g/mol. The Morgan fingerprint density at radius 1 is 1.19 bits per heavy atom. The predicted octanol–water partition coefficient (Wildman–Crippen LogP) is 1.86. The number of fused-ring (bicyclic) bond motifs is 4. The Morgan fingerprint density at radius 2 is 2.15 bits per heavy atom. The highest BCUT2D eigenvalue weighted by Crippen LogP contribution is 2.32. The number of pyridine rings is 2. The summed E-state index contributed by atoms with van der Waals surface area (Å²) in [6, 6.07) is 8.02. The second-order valence-electron chi connectivity index (χ2n) is 7.28. The highest BCUT2D eigenvalue weighted by Gasteiger charge is 2.31. The van der Waals surface area contributed by atoms with E-state index in [2.05, 4.69) is 21.4 Å². The molecule has 0 spiro atoms. The van der Waals surface area contributed by atoms with Crippen molar-refractivity contribution in [3.63, 3.8) is 0 Å². The molecule has 0 amide bonds. The Labute approximate surface area is 151 Å². The van der Waals surface area contributed by atoms with Crippen LogP contribution in [0.1, 0.15) is 23.6 Å². The number of hydrogen-bond donors (Lipinski definition) is 1. The lowest BCUT2D eigenvalue weighted by molar-refractivity contribution is 0.257. The van der Waals surface area contributed by atoms with Gasteiger partial charge in [0.15, 0.2) is 0 Å². The molecule has 0 saturated carbocycles. The van der Waals surface area contributed by atoms with Gasteiger partial charge < -0.3 is 14.5 Å². The summed E-state index contributed by atoms with van der Waals surface area (Å²) in [7, 11) is 0. The van der Waals surface area contributed by atoms with E-state index in [4.69, 9.17) is 0 Å². The van der Waals surface area contributed by atoms with Crippen LogP contribution in [0.3, 0.4) is 0 Å². The summed E-state index contributed by atoms with van der Waals surface area (Å²) in [6.45, 7) is 3.42. The van der Waals surface area contributed by atoms with Gasteiger partial charge in [-0.2, -0.15) is 0 Å². The Morgan fingerprint density at radius 3 is 3.04 bits per heavy atom. The molecular weight excluding hydrogens is 326 g/mol. The molecule has 0 radical (unpaired) electrons. The summed E-state index contributed by atoms with van der Waals surface area (Å²) in [5, 5.41) is 3.49. The Kier molecular flexibility index (Phi) is 3.71. The molecule has 2 aliphatic rings. The van der Waals surface area contributed by atoms with Gasteiger partial charge in [0.05, 0.1) is 12.1 Å². The van der Waals surface area contributed by atoms with E-state index in [1.807, 2.05) is 39.7 Å². The molecule has 1 N–H and O–H groups in total. The lowest BCUT2D eigenvalue weighted by Gasteiger charge is -2.37. The number of nitrogens with zero attached hydrogens (tertiary/aromatic N) is 4. The van der Waals surface area contributed by atoms with Crippen LogP contribution in [-0.2, 0) is 13.1 Å². The molecular formula is C20H21N5O. The summed E-state index contributed by atoms with van der Waals surface area (Å²) in [5.74, 6) is 1.71. The van der Waals surface area contributed by atoms with Gasteiger partial charge in [0.2, 0.25) is 0 Å². The van der Waals surface area contributed by atoms with Gasteiger partial charge in [-0.05, 0) is 42.6 Å². The minimum absolute atomic E-state index is 0.0812. The number of hydrogen-bond acceptors (Lipinski definition) is 4. The Hall–Kier alpha value is -2.73. The minimum atomic E-state index is 0.0812. The molecule has 0 aliphatic carbocycles. The van der Waals surface area contributed by atoms with Crippen LogP contribution in [-0.4, -0.2) is 32.2 Å². The molecule has 2 bridgehead atoms. The summed E-state index contributed by atoms with van der Waals surface area (Å²) < 4.78 is 4.00. The molecule has 1 saturated heterocycles. The van der Waals surface area contributed by atoms with E-state index in [9.17, 15) is 4.79 Å². The third-order valence-electron chi connectivity index (χ3n) is 5.54. The lowest BCUT2D eigenvalue weighted by atomic mass is 9.84. The molecule has 3 aromatic heterocycles. The normalized spacial score (nSPS) is 21.4. The number of imidazole rings is 1. The van der Waals surface area contributed by atoms with E-state index in [0.29, 0.717) is 23.9 Å². The van der Waals surface area contributed by atoms with Crippen LogP contribution >= 0.6 is 0 Å². The number of piperidine rings is 1. The first-order valence-corrected chi connectivity index (χ1v) is 9.14. The van der Waals surface area contributed by atoms with Gasteiger partial charge in [-0.3, -0.25) is 9.78 Å². The molecule has 2 aliphatic heterocycles. The van der Waals surface area contributed by atoms with Gasteiger partial charge in [-0.25, -0.2) is 4.98 Å². The molecule has 6 heteroatoms. The van der Waals surface area contributed by atoms with Gasteiger partial charge in [0.25, 0.3) is 5.56 Å². The third kappa shape index (κ3) is 2.57. The molecule has 5 rings (SSSR count). The fourth-order valence-corrected chi connectivity index (χ4v) is 4.33. The second-order valence-corrected chi connectivity index (χ2v) is 7.28. The first-order valence-electron chi connectivity index (χ1n) is 9.14. The van der Waals surface area contributed by atoms with E-state index in [0.717, 1.165) is 36.7 Å². The minimum Gasteiger partial charge on any atom is -0.326 e. The number of aromatic nitrogens is 4. The largest absolute Gasteiger partial charge is 0.326 e. The van der Waals surface area contributed by atoms with Crippen molar-refractivity contribution in [2.75, 3.05) is 13.1 Å². The lowest BCUT2D eigenvalue weighted by Crippen LogP contribution is -2.45. The molecule has 132 valence electrons. The highest BCUT2D eigenvalue weighted by molar-refractivity contribution is 5.55. The van der Waals surface area contributed by atoms with E-state index >= 15 is 0 Å². The topological polar surface area (TPSA) is 64.7 Å². The maximum absolute atomic E-state index is 13.2. The second kappa shape index (κ2) is 6.21. The van der Waals surface area contributed by atoms with Crippen LogP contribution in [0.4, 0.5) is 0 Å². The van der Waals surface area contributed by atoms with Crippen molar-refractivity contribution in [2.45, 2.75) is 25.4 Å². The van der Waals surface area contributed by atoms with Crippen molar-refractivity contribution < 1.29 is 0 Å². The smallest absolute Gasteiger partial charge is 0.261 e. The maximum atomic E-state index is 13.2. The number of nitrogens with one attached hydrogen (secondary N) is 1. The molecule has 1 fully saturated rings. The summed E-state index contributed by atoms with van der Waals surface area (Å²) in [6.07, 6.45) is 8.47. The van der Waals surface area contributed by atoms with Crippen molar-refractivity contribution in [3.05, 3.63) is 70.7 Å². The van der Waals surface area contributed by atoms with Crippen molar-refractivity contribution in [3.8, 4) is 11.4 Å². The molecule has 0 unspecified atom stereocenters. The van der Waals surface area contributed by atoms with Gasteiger partial charge in [0, 0.05) is 49.5 Å². The zero-order chi connectivity index (χ0) is 17.5. The third-order valence-corrected chi connectivity index (χ3v) is 5.54. The van der Waals surface area contributed by atoms with E-state index in [-0.39, 0.29) is 5.56 Å². The van der Waals surface area contributed by atoms with Crippen LogP contribution in [0.15, 0.2) is 53.8 Å². The highest BCUT2D eigenvalue weighted by atomic mass is 16.1. The summed E-state index contributed by atoms with van der Waals surface area (Å²) in [4.78, 5) is 21.9. The monoisotopic (exact) mass is 347 g/mol. The number of rotatable bonds is 3. The molecule has 5 heterocycles. The van der Waals surface area contributed by atoms with Gasteiger partial charge in [-0.15, -0.1) is 0 Å². The fourth-order valence-electron chi connectivity index (χ4n) is 4.33. The van der Waals surface area contributed by atoms with Crippen LogP contribution in [0, 0.1) is 5.92 Å². The van der Waals surface area contributed by atoms with Crippen molar-refractivity contribution in [1.82, 2.24) is 24.4 Å². The van der Waals surface area contributed by atoms with E-state index in [1.54, 1.807) is 12.4 Å². The van der Waals surface area contributed by atoms with Crippen LogP contribution < -0.4 is 10.9 Å². The van der Waals surface area contributed by atoms with E-state index in [1.165, 1.54) is 6.42 Å². The fraction of sp³-hybridized carbons (Fsp3) is 0.350. The maximum Gasteiger partial charge on any atom is 0.261 e. The van der Waals surface area contributed by atoms with Crippen molar-refractivity contribution >= 4 is 0 Å². The zero-order valence-electron chi connectivity index (χ0n) is 14.5. The van der Waals surface area contributed by atoms with Gasteiger partial charge >= 0.3 is 0 Å². The summed E-state index contributed by atoms with van der Waals surface area (Å²) >= 11 is 0. The van der Waals surface area contributed by atoms with Crippen molar-refractivity contribution in [2.24, 2.45) is 5.92 Å².